The van der Waals surface area contributed by atoms with Crippen molar-refractivity contribution < 1.29 is 4.52 Å². The third kappa shape index (κ3) is 1.76. The molecule has 0 saturated heterocycles. The number of pyridine rings is 2. The van der Waals surface area contributed by atoms with Crippen molar-refractivity contribution in [3.05, 3.63) is 57.8 Å². The summed E-state index contributed by atoms with van der Waals surface area (Å²) >= 11 is 0. The number of nitrogens with one attached hydrogen (secondary N) is 1. The Balaban J connectivity index is 1.93. The Morgan fingerprint density at radius 2 is 2.09 bits per heavy atom. The van der Waals surface area contributed by atoms with Gasteiger partial charge in [-0.1, -0.05) is 5.16 Å². The molecule has 0 spiro atoms. The SMILES string of the molecule is N#Cc1cc2c([nH]c1=O)CCc1c(-c3ccncc3)noc1-2. The third-order valence-electron chi connectivity index (χ3n) is 3.85. The molecule has 0 aliphatic heterocycles. The van der Waals surface area contributed by atoms with Gasteiger partial charge in [-0.2, -0.15) is 5.26 Å². The number of rotatable bonds is 1. The summed E-state index contributed by atoms with van der Waals surface area (Å²) in [5, 5.41) is 13.2. The first kappa shape index (κ1) is 12.5. The van der Waals surface area contributed by atoms with Crippen molar-refractivity contribution in [1.82, 2.24) is 15.1 Å². The van der Waals surface area contributed by atoms with E-state index in [1.807, 2.05) is 18.2 Å². The lowest BCUT2D eigenvalue weighted by Crippen LogP contribution is -2.16. The molecule has 1 N–H and O–H groups in total. The lowest BCUT2D eigenvalue weighted by Gasteiger charge is -2.14. The first-order chi connectivity index (χ1) is 10.8. The maximum absolute atomic E-state index is 11.7. The monoisotopic (exact) mass is 290 g/mol. The minimum absolute atomic E-state index is 0.0773. The zero-order valence-corrected chi connectivity index (χ0v) is 11.5. The summed E-state index contributed by atoms with van der Waals surface area (Å²) in [6.07, 6.45) is 4.82. The summed E-state index contributed by atoms with van der Waals surface area (Å²) in [5.74, 6) is 0.626. The van der Waals surface area contributed by atoms with Gasteiger partial charge in [0.2, 0.25) is 0 Å². The van der Waals surface area contributed by atoms with E-state index in [4.69, 9.17) is 9.78 Å². The Kier molecular flexibility index (Phi) is 2.66. The lowest BCUT2D eigenvalue weighted by atomic mass is 9.91. The molecule has 0 fully saturated rings. The number of aromatic nitrogens is 3. The van der Waals surface area contributed by atoms with Crippen LogP contribution in [0.15, 0.2) is 39.9 Å². The van der Waals surface area contributed by atoms with Crippen LogP contribution < -0.4 is 5.56 Å². The molecule has 0 amide bonds. The quantitative estimate of drug-likeness (QED) is 0.740. The number of fused-ring (bicyclic) bond motifs is 3. The van der Waals surface area contributed by atoms with Crippen LogP contribution in [0.2, 0.25) is 0 Å². The molecule has 3 heterocycles. The Bertz CT molecular complexity index is 964. The molecule has 4 rings (SSSR count). The summed E-state index contributed by atoms with van der Waals surface area (Å²) in [7, 11) is 0. The smallest absolute Gasteiger partial charge is 0.266 e. The highest BCUT2D eigenvalue weighted by molar-refractivity contribution is 5.75. The highest BCUT2D eigenvalue weighted by atomic mass is 16.5. The number of H-pyrrole nitrogens is 1. The zero-order valence-electron chi connectivity index (χ0n) is 11.5. The van der Waals surface area contributed by atoms with Crippen LogP contribution in [0.4, 0.5) is 0 Å². The average Bonchev–Trinajstić information content (AvgIpc) is 2.99. The molecule has 0 unspecified atom stereocenters. The minimum atomic E-state index is -0.362. The number of aryl methyl sites for hydroxylation is 1. The van der Waals surface area contributed by atoms with Gasteiger partial charge in [0.05, 0.1) is 0 Å². The van der Waals surface area contributed by atoms with E-state index < -0.39 is 0 Å². The van der Waals surface area contributed by atoms with E-state index in [9.17, 15) is 4.79 Å². The standard InChI is InChI=1S/C16H10N4O2/c17-8-10-7-12-13(19-16(10)21)2-1-11-14(20-22-15(11)12)9-3-5-18-6-4-9/h3-7H,1-2H2,(H,19,21). The van der Waals surface area contributed by atoms with Crippen LogP contribution in [0.1, 0.15) is 16.8 Å². The van der Waals surface area contributed by atoms with Crippen molar-refractivity contribution in [2.75, 3.05) is 0 Å². The van der Waals surface area contributed by atoms with Crippen LogP contribution in [0.5, 0.6) is 0 Å². The van der Waals surface area contributed by atoms with Crippen molar-refractivity contribution in [2.45, 2.75) is 12.8 Å². The molecule has 22 heavy (non-hydrogen) atoms. The Morgan fingerprint density at radius 3 is 2.86 bits per heavy atom. The van der Waals surface area contributed by atoms with E-state index in [-0.39, 0.29) is 11.1 Å². The fraction of sp³-hybridized carbons (Fsp3) is 0.125. The molecule has 0 bridgehead atoms. The van der Waals surface area contributed by atoms with Crippen LogP contribution in [0.25, 0.3) is 22.6 Å². The minimum Gasteiger partial charge on any atom is -0.355 e. The Morgan fingerprint density at radius 1 is 1.27 bits per heavy atom. The predicted octanol–water partition coefficient (Wildman–Crippen LogP) is 2.06. The van der Waals surface area contributed by atoms with E-state index in [2.05, 4.69) is 15.1 Å². The Labute approximate surface area is 125 Å². The number of nitrogens with zero attached hydrogens (tertiary/aromatic N) is 3. The van der Waals surface area contributed by atoms with E-state index in [0.29, 0.717) is 12.2 Å². The van der Waals surface area contributed by atoms with Crippen LogP contribution in [-0.4, -0.2) is 15.1 Å². The fourth-order valence-electron chi connectivity index (χ4n) is 2.79. The fourth-order valence-corrected chi connectivity index (χ4v) is 2.79. The van der Waals surface area contributed by atoms with E-state index >= 15 is 0 Å². The summed E-state index contributed by atoms with van der Waals surface area (Å²) in [6.45, 7) is 0. The largest absolute Gasteiger partial charge is 0.355 e. The molecule has 0 atom stereocenters. The maximum atomic E-state index is 11.7. The van der Waals surface area contributed by atoms with Crippen molar-refractivity contribution >= 4 is 0 Å². The van der Waals surface area contributed by atoms with Crippen molar-refractivity contribution in [1.29, 1.82) is 5.26 Å². The molecule has 6 heteroatoms. The van der Waals surface area contributed by atoms with Crippen molar-refractivity contribution in [2.24, 2.45) is 0 Å². The maximum Gasteiger partial charge on any atom is 0.266 e. The number of nitriles is 1. The Hall–Kier alpha value is -3.20. The molecule has 0 saturated carbocycles. The molecule has 3 aromatic rings. The molecule has 0 aromatic carbocycles. The van der Waals surface area contributed by atoms with Gasteiger partial charge >= 0.3 is 0 Å². The van der Waals surface area contributed by atoms with Gasteiger partial charge in [-0.15, -0.1) is 0 Å². The molecule has 1 aliphatic rings. The second kappa shape index (κ2) is 4.67. The summed E-state index contributed by atoms with van der Waals surface area (Å²) in [5.41, 5.74) is 3.96. The van der Waals surface area contributed by atoms with Gasteiger partial charge < -0.3 is 9.51 Å². The predicted molar refractivity (Wildman–Crippen MR) is 77.9 cm³/mol. The zero-order chi connectivity index (χ0) is 15.1. The van der Waals surface area contributed by atoms with Crippen molar-refractivity contribution in [3.63, 3.8) is 0 Å². The molecule has 3 aromatic heterocycles. The molecule has 106 valence electrons. The van der Waals surface area contributed by atoms with E-state index in [1.165, 1.54) is 0 Å². The van der Waals surface area contributed by atoms with E-state index in [0.717, 1.165) is 34.5 Å². The number of aromatic amines is 1. The van der Waals surface area contributed by atoms with Crippen LogP contribution >= 0.6 is 0 Å². The number of hydrogen-bond donors (Lipinski definition) is 1. The van der Waals surface area contributed by atoms with Gasteiger partial charge in [0.25, 0.3) is 5.56 Å². The first-order valence-corrected chi connectivity index (χ1v) is 6.83. The van der Waals surface area contributed by atoms with E-state index in [1.54, 1.807) is 18.5 Å². The second-order valence-corrected chi connectivity index (χ2v) is 5.09. The molecule has 1 aliphatic carbocycles. The van der Waals surface area contributed by atoms with Gasteiger partial charge in [0.15, 0.2) is 5.76 Å². The van der Waals surface area contributed by atoms with Gasteiger partial charge in [0, 0.05) is 34.8 Å². The second-order valence-electron chi connectivity index (χ2n) is 5.09. The van der Waals surface area contributed by atoms with Gasteiger partial charge in [-0.05, 0) is 31.0 Å². The van der Waals surface area contributed by atoms with Gasteiger partial charge in [-0.3, -0.25) is 9.78 Å². The highest BCUT2D eigenvalue weighted by Crippen LogP contribution is 2.37. The van der Waals surface area contributed by atoms with Gasteiger partial charge in [0.1, 0.15) is 17.3 Å². The lowest BCUT2D eigenvalue weighted by molar-refractivity contribution is 0.432. The van der Waals surface area contributed by atoms with Crippen molar-refractivity contribution in [3.8, 4) is 28.7 Å². The summed E-state index contributed by atoms with van der Waals surface area (Å²) in [6, 6.07) is 7.23. The topological polar surface area (TPSA) is 95.6 Å². The molecule has 6 nitrogen and oxygen atoms in total. The molecular weight excluding hydrogens is 280 g/mol. The van der Waals surface area contributed by atoms with Crippen LogP contribution in [-0.2, 0) is 12.8 Å². The van der Waals surface area contributed by atoms with Crippen LogP contribution in [0, 0.1) is 11.3 Å². The molecule has 0 radical (unpaired) electrons. The first-order valence-electron chi connectivity index (χ1n) is 6.83. The molecular formula is C16H10N4O2. The average molecular weight is 290 g/mol. The summed E-state index contributed by atoms with van der Waals surface area (Å²) in [4.78, 5) is 18.5. The van der Waals surface area contributed by atoms with Gasteiger partial charge in [-0.25, -0.2) is 0 Å². The highest BCUT2D eigenvalue weighted by Gasteiger charge is 2.26. The van der Waals surface area contributed by atoms with Crippen LogP contribution in [0.3, 0.4) is 0 Å². The summed E-state index contributed by atoms with van der Waals surface area (Å²) < 4.78 is 5.51. The third-order valence-corrected chi connectivity index (χ3v) is 3.85. The normalized spacial score (nSPS) is 12.3. The number of hydrogen-bond acceptors (Lipinski definition) is 5.